The maximum Gasteiger partial charge on any atom is 0.416 e. The largest absolute Gasteiger partial charge is 0.416 e. The molecule has 0 amide bonds. The molecule has 0 fully saturated rings. The van der Waals surface area contributed by atoms with Gasteiger partial charge >= 0.3 is 24.7 Å². The summed E-state index contributed by atoms with van der Waals surface area (Å²) >= 11 is 0. The summed E-state index contributed by atoms with van der Waals surface area (Å²) in [6.07, 6.45) is -19.9. The van der Waals surface area contributed by atoms with Crippen molar-refractivity contribution in [3.8, 4) is 44.5 Å². The molecule has 0 atom stereocenters. The number of rotatable bonds is 4. The van der Waals surface area contributed by atoms with E-state index in [1.807, 2.05) is 12.1 Å². The van der Waals surface area contributed by atoms with Crippen molar-refractivity contribution in [2.24, 2.45) is 0 Å². The lowest BCUT2D eigenvalue weighted by molar-refractivity contribution is -0.144. The van der Waals surface area contributed by atoms with Gasteiger partial charge in [-0.3, -0.25) is 0 Å². The molecule has 0 aliphatic carbocycles. The van der Waals surface area contributed by atoms with Crippen LogP contribution in [0.5, 0.6) is 0 Å². The Hall–Kier alpha value is -5.26. The van der Waals surface area contributed by atoms with E-state index < -0.39 is 47.0 Å². The average Bonchev–Trinajstić information content (AvgIpc) is 3.06. The molecule has 50 heavy (non-hydrogen) atoms. The number of hydrogen-bond donors (Lipinski definition) is 0. The molecule has 0 bridgehead atoms. The molecule has 0 spiro atoms. The lowest BCUT2D eigenvalue weighted by atomic mass is 9.94. The summed E-state index contributed by atoms with van der Waals surface area (Å²) in [6.45, 7) is 0. The van der Waals surface area contributed by atoms with Crippen LogP contribution in [0.15, 0.2) is 121 Å². The first-order valence-corrected chi connectivity index (χ1v) is 14.6. The lowest BCUT2D eigenvalue weighted by Gasteiger charge is -2.15. The highest BCUT2D eigenvalue weighted by atomic mass is 19.4. The Balaban J connectivity index is 1.26. The van der Waals surface area contributed by atoms with Crippen LogP contribution in [-0.4, -0.2) is 0 Å². The lowest BCUT2D eigenvalue weighted by Crippen LogP contribution is -2.11. The monoisotopic (exact) mass is 704 g/mol. The second-order valence-corrected chi connectivity index (χ2v) is 11.5. The highest BCUT2D eigenvalue weighted by Gasteiger charge is 2.38. The van der Waals surface area contributed by atoms with Crippen molar-refractivity contribution in [1.29, 1.82) is 0 Å². The Bertz CT molecular complexity index is 1960. The standard InChI is InChI=1S/C38H20F12/c39-35(40,41)31-15-29(16-32(19-31)36(42,43)44)23-5-1-21(2-6-23)25-9-11-28-14-26(10-12-27(28)13-25)22-3-7-24(8-4-22)30-17-33(37(45,46)47)20-34(18-30)38(48,49)50/h1-20H. The van der Waals surface area contributed by atoms with E-state index in [0.29, 0.717) is 35.4 Å². The third-order valence-electron chi connectivity index (χ3n) is 8.12. The third kappa shape index (κ3) is 7.34. The Labute approximate surface area is 276 Å². The highest BCUT2D eigenvalue weighted by Crippen LogP contribution is 2.41. The maximum atomic E-state index is 13.3. The van der Waals surface area contributed by atoms with Crippen LogP contribution < -0.4 is 0 Å². The van der Waals surface area contributed by atoms with Gasteiger partial charge < -0.3 is 0 Å². The third-order valence-corrected chi connectivity index (χ3v) is 8.12. The number of fused-ring (bicyclic) bond motifs is 1. The van der Waals surface area contributed by atoms with E-state index in [1.54, 1.807) is 48.5 Å². The quantitative estimate of drug-likeness (QED) is 0.160. The summed E-state index contributed by atoms with van der Waals surface area (Å²) < 4.78 is 160. The van der Waals surface area contributed by atoms with Gasteiger partial charge in [0.25, 0.3) is 0 Å². The van der Waals surface area contributed by atoms with Gasteiger partial charge in [0.2, 0.25) is 0 Å². The molecule has 0 saturated carbocycles. The van der Waals surface area contributed by atoms with Gasteiger partial charge in [-0.15, -0.1) is 0 Å². The minimum atomic E-state index is -4.97. The minimum absolute atomic E-state index is 0.0736. The number of benzene rings is 6. The summed E-state index contributed by atoms with van der Waals surface area (Å²) in [7, 11) is 0. The van der Waals surface area contributed by atoms with Crippen LogP contribution in [0.4, 0.5) is 52.7 Å². The van der Waals surface area contributed by atoms with Gasteiger partial charge in [-0.05, 0) is 104 Å². The highest BCUT2D eigenvalue weighted by molar-refractivity contribution is 5.91. The molecular weight excluding hydrogens is 684 g/mol. The summed E-state index contributed by atoms with van der Waals surface area (Å²) in [5.41, 5.74) is -3.04. The first kappa shape index (κ1) is 34.6. The molecule has 0 aromatic heterocycles. The zero-order chi connectivity index (χ0) is 36.2. The molecule has 0 N–H and O–H groups in total. The summed E-state index contributed by atoms with van der Waals surface area (Å²) in [5.74, 6) is 0. The number of alkyl halides is 12. The van der Waals surface area contributed by atoms with Gasteiger partial charge in [0.05, 0.1) is 22.3 Å². The van der Waals surface area contributed by atoms with Crippen molar-refractivity contribution >= 4 is 10.8 Å². The molecule has 0 nitrogen and oxygen atoms in total. The van der Waals surface area contributed by atoms with Crippen molar-refractivity contribution in [3.63, 3.8) is 0 Å². The topological polar surface area (TPSA) is 0 Å². The van der Waals surface area contributed by atoms with E-state index in [2.05, 4.69) is 0 Å². The predicted molar refractivity (Wildman–Crippen MR) is 166 cm³/mol. The predicted octanol–water partition coefficient (Wildman–Crippen LogP) is 13.6. The van der Waals surface area contributed by atoms with Crippen molar-refractivity contribution in [2.45, 2.75) is 24.7 Å². The van der Waals surface area contributed by atoms with Crippen molar-refractivity contribution in [2.75, 3.05) is 0 Å². The second-order valence-electron chi connectivity index (χ2n) is 11.5. The zero-order valence-corrected chi connectivity index (χ0v) is 25.1. The minimum Gasteiger partial charge on any atom is -0.166 e. The SMILES string of the molecule is FC(F)(F)c1cc(-c2ccc(-c3ccc4cc(-c5ccc(-c6cc(C(F)(F)F)cc(C(F)(F)F)c6)cc5)ccc4c3)cc2)cc(C(F)(F)F)c1. The van der Waals surface area contributed by atoms with Crippen LogP contribution in [-0.2, 0) is 24.7 Å². The first-order chi connectivity index (χ1) is 23.3. The molecule has 6 rings (SSSR count). The second kappa shape index (κ2) is 12.3. The first-order valence-electron chi connectivity index (χ1n) is 14.6. The number of halogens is 12. The molecule has 0 unspecified atom stereocenters. The smallest absolute Gasteiger partial charge is 0.166 e. The Morgan fingerprint density at radius 3 is 0.680 bits per heavy atom. The van der Waals surface area contributed by atoms with Crippen molar-refractivity contribution < 1.29 is 52.7 Å². The van der Waals surface area contributed by atoms with E-state index in [-0.39, 0.29) is 34.4 Å². The van der Waals surface area contributed by atoms with Crippen LogP contribution in [0.25, 0.3) is 55.3 Å². The molecule has 256 valence electrons. The molecule has 12 heteroatoms. The van der Waals surface area contributed by atoms with Crippen molar-refractivity contribution in [3.05, 3.63) is 144 Å². The maximum absolute atomic E-state index is 13.3. The molecule has 6 aromatic carbocycles. The van der Waals surface area contributed by atoms with Crippen LogP contribution in [0, 0.1) is 0 Å². The Morgan fingerprint density at radius 1 is 0.220 bits per heavy atom. The van der Waals surface area contributed by atoms with Gasteiger partial charge in [-0.1, -0.05) is 72.8 Å². The Kier molecular flexibility index (Phi) is 8.48. The fraction of sp³-hybridized carbons (Fsp3) is 0.105. The van der Waals surface area contributed by atoms with E-state index in [0.717, 1.165) is 21.9 Å². The van der Waals surface area contributed by atoms with E-state index in [9.17, 15) is 52.7 Å². The van der Waals surface area contributed by atoms with Crippen LogP contribution in [0.2, 0.25) is 0 Å². The zero-order valence-electron chi connectivity index (χ0n) is 25.1. The van der Waals surface area contributed by atoms with Gasteiger partial charge in [-0.25, -0.2) is 0 Å². The van der Waals surface area contributed by atoms with E-state index in [1.165, 1.54) is 24.3 Å². The Morgan fingerprint density at radius 2 is 0.440 bits per heavy atom. The molecule has 0 aliphatic heterocycles. The molecule has 6 aromatic rings. The molecule has 0 radical (unpaired) electrons. The fourth-order valence-electron chi connectivity index (χ4n) is 5.56. The molecule has 0 heterocycles. The van der Waals surface area contributed by atoms with Gasteiger partial charge in [0.1, 0.15) is 0 Å². The summed E-state index contributed by atoms with van der Waals surface area (Å²) in [4.78, 5) is 0. The molecule has 0 saturated heterocycles. The molecular formula is C38H20F12. The van der Waals surface area contributed by atoms with Crippen LogP contribution in [0.1, 0.15) is 22.3 Å². The average molecular weight is 705 g/mol. The number of hydrogen-bond acceptors (Lipinski definition) is 0. The van der Waals surface area contributed by atoms with Crippen LogP contribution >= 0.6 is 0 Å². The van der Waals surface area contributed by atoms with E-state index >= 15 is 0 Å². The van der Waals surface area contributed by atoms with Gasteiger partial charge in [0.15, 0.2) is 0 Å². The van der Waals surface area contributed by atoms with Gasteiger partial charge in [0, 0.05) is 0 Å². The van der Waals surface area contributed by atoms with Crippen LogP contribution in [0.3, 0.4) is 0 Å². The van der Waals surface area contributed by atoms with Gasteiger partial charge in [-0.2, -0.15) is 52.7 Å². The van der Waals surface area contributed by atoms with Crippen molar-refractivity contribution in [1.82, 2.24) is 0 Å². The normalized spacial score (nSPS) is 12.8. The molecule has 0 aliphatic rings. The summed E-state index contributed by atoms with van der Waals surface area (Å²) in [6, 6.07) is 25.8. The fourth-order valence-corrected chi connectivity index (χ4v) is 5.56. The summed E-state index contributed by atoms with van der Waals surface area (Å²) in [5, 5.41) is 1.59. The van der Waals surface area contributed by atoms with E-state index in [4.69, 9.17) is 0 Å².